The summed E-state index contributed by atoms with van der Waals surface area (Å²) in [6.45, 7) is 1.75. The van der Waals surface area contributed by atoms with Gasteiger partial charge < -0.3 is 0 Å². The van der Waals surface area contributed by atoms with Crippen LogP contribution in [0.2, 0.25) is 5.15 Å². The summed E-state index contributed by atoms with van der Waals surface area (Å²) in [7, 11) is 0. The van der Waals surface area contributed by atoms with Crippen molar-refractivity contribution in [2.24, 2.45) is 0 Å². The standard InChI is InChI=1S/C12H9ClF2N2S/c1-7-16-10(6-11(13)17-7)8-2-4-9(5-3-8)18-12(14)15/h2-6,12H,1H3. The summed E-state index contributed by atoms with van der Waals surface area (Å²) in [5, 5.41) is 0.364. The molecule has 18 heavy (non-hydrogen) atoms. The summed E-state index contributed by atoms with van der Waals surface area (Å²) >= 11 is 6.36. The predicted octanol–water partition coefficient (Wildman–Crippen LogP) is 4.42. The smallest absolute Gasteiger partial charge is 0.233 e. The summed E-state index contributed by atoms with van der Waals surface area (Å²) in [6.07, 6.45) is 0. The zero-order valence-electron chi connectivity index (χ0n) is 9.40. The predicted molar refractivity (Wildman–Crippen MR) is 69.1 cm³/mol. The van der Waals surface area contributed by atoms with Crippen molar-refractivity contribution < 1.29 is 8.78 Å². The van der Waals surface area contributed by atoms with Crippen LogP contribution in [0, 0.1) is 6.92 Å². The molecule has 0 saturated heterocycles. The molecule has 0 aliphatic rings. The van der Waals surface area contributed by atoms with Crippen LogP contribution in [0.15, 0.2) is 35.2 Å². The molecule has 2 rings (SSSR count). The molecule has 0 atom stereocenters. The lowest BCUT2D eigenvalue weighted by Crippen LogP contribution is -1.91. The molecular weight excluding hydrogens is 278 g/mol. The van der Waals surface area contributed by atoms with E-state index in [-0.39, 0.29) is 0 Å². The third-order valence-electron chi connectivity index (χ3n) is 2.18. The summed E-state index contributed by atoms with van der Waals surface area (Å²) in [4.78, 5) is 8.73. The summed E-state index contributed by atoms with van der Waals surface area (Å²) in [6, 6.07) is 8.39. The van der Waals surface area contributed by atoms with Gasteiger partial charge in [-0.15, -0.1) is 0 Å². The fourth-order valence-electron chi connectivity index (χ4n) is 1.49. The number of alkyl halides is 2. The van der Waals surface area contributed by atoms with Crippen LogP contribution < -0.4 is 0 Å². The lowest BCUT2D eigenvalue weighted by Gasteiger charge is -2.04. The molecule has 1 aromatic heterocycles. The van der Waals surface area contributed by atoms with Gasteiger partial charge in [0.15, 0.2) is 0 Å². The largest absolute Gasteiger partial charge is 0.288 e. The van der Waals surface area contributed by atoms with E-state index in [9.17, 15) is 8.78 Å². The van der Waals surface area contributed by atoms with Crippen LogP contribution in [0.1, 0.15) is 5.82 Å². The van der Waals surface area contributed by atoms with Crippen molar-refractivity contribution in [1.29, 1.82) is 0 Å². The number of halogens is 3. The van der Waals surface area contributed by atoms with Crippen molar-refractivity contribution in [3.8, 4) is 11.3 Å². The van der Waals surface area contributed by atoms with Gasteiger partial charge in [-0.1, -0.05) is 35.5 Å². The number of aryl methyl sites for hydroxylation is 1. The Bertz CT molecular complexity index is 526. The van der Waals surface area contributed by atoms with Gasteiger partial charge in [-0.25, -0.2) is 9.97 Å². The molecule has 0 bridgehead atoms. The van der Waals surface area contributed by atoms with E-state index >= 15 is 0 Å². The Morgan fingerprint density at radius 2 is 1.83 bits per heavy atom. The minimum atomic E-state index is -2.41. The maximum atomic E-state index is 12.2. The lowest BCUT2D eigenvalue weighted by atomic mass is 10.1. The van der Waals surface area contributed by atoms with E-state index in [1.807, 2.05) is 0 Å². The first-order valence-electron chi connectivity index (χ1n) is 5.11. The second-order valence-electron chi connectivity index (χ2n) is 3.53. The monoisotopic (exact) mass is 286 g/mol. The first-order chi connectivity index (χ1) is 8.54. The van der Waals surface area contributed by atoms with E-state index in [1.54, 1.807) is 37.3 Å². The Balaban J connectivity index is 2.28. The van der Waals surface area contributed by atoms with Crippen LogP contribution in [0.5, 0.6) is 0 Å². The Labute approximate surface area is 112 Å². The molecule has 0 N–H and O–H groups in total. The highest BCUT2D eigenvalue weighted by Crippen LogP contribution is 2.27. The fraction of sp³-hybridized carbons (Fsp3) is 0.167. The van der Waals surface area contributed by atoms with E-state index in [0.717, 1.165) is 5.56 Å². The molecule has 0 spiro atoms. The Morgan fingerprint density at radius 3 is 2.39 bits per heavy atom. The van der Waals surface area contributed by atoms with E-state index in [0.29, 0.717) is 33.3 Å². The molecular formula is C12H9ClF2N2S. The highest BCUT2D eigenvalue weighted by molar-refractivity contribution is 7.99. The third kappa shape index (κ3) is 3.40. The van der Waals surface area contributed by atoms with Crippen LogP contribution in [-0.4, -0.2) is 15.7 Å². The van der Waals surface area contributed by atoms with E-state index in [1.165, 1.54) is 0 Å². The van der Waals surface area contributed by atoms with Crippen molar-refractivity contribution in [2.75, 3.05) is 0 Å². The van der Waals surface area contributed by atoms with Gasteiger partial charge in [-0.2, -0.15) is 8.78 Å². The highest BCUT2D eigenvalue weighted by atomic mass is 35.5. The number of hydrogen-bond donors (Lipinski definition) is 0. The van der Waals surface area contributed by atoms with Crippen molar-refractivity contribution in [3.63, 3.8) is 0 Å². The maximum absolute atomic E-state index is 12.2. The fourth-order valence-corrected chi connectivity index (χ4v) is 2.21. The molecule has 0 saturated carbocycles. The average Bonchev–Trinajstić information content (AvgIpc) is 2.27. The van der Waals surface area contributed by atoms with Gasteiger partial charge in [0, 0.05) is 16.5 Å². The maximum Gasteiger partial charge on any atom is 0.288 e. The van der Waals surface area contributed by atoms with Crippen molar-refractivity contribution >= 4 is 23.4 Å². The molecule has 1 heterocycles. The number of benzene rings is 1. The summed E-state index contributed by atoms with van der Waals surface area (Å²) in [5.41, 5.74) is 1.50. The van der Waals surface area contributed by atoms with Gasteiger partial charge in [0.2, 0.25) is 0 Å². The lowest BCUT2D eigenvalue weighted by molar-refractivity contribution is 0.252. The Hall–Kier alpha value is -1.20. The molecule has 1 aromatic carbocycles. The molecule has 0 amide bonds. The molecule has 0 aliphatic heterocycles. The zero-order valence-corrected chi connectivity index (χ0v) is 11.0. The second kappa shape index (κ2) is 5.63. The molecule has 0 fully saturated rings. The Kier molecular flexibility index (Phi) is 4.14. The topological polar surface area (TPSA) is 25.8 Å². The van der Waals surface area contributed by atoms with Crippen LogP contribution in [0.25, 0.3) is 11.3 Å². The molecule has 0 unspecified atom stereocenters. The number of aromatic nitrogens is 2. The molecule has 6 heteroatoms. The number of thioether (sulfide) groups is 1. The van der Waals surface area contributed by atoms with Gasteiger partial charge in [0.05, 0.1) is 5.69 Å². The SMILES string of the molecule is Cc1nc(Cl)cc(-c2ccc(SC(F)F)cc2)n1. The highest BCUT2D eigenvalue weighted by Gasteiger charge is 2.07. The third-order valence-corrected chi connectivity index (χ3v) is 3.10. The van der Waals surface area contributed by atoms with Gasteiger partial charge in [-0.05, 0) is 19.1 Å². The minimum Gasteiger partial charge on any atom is -0.233 e. The normalized spacial score (nSPS) is 10.9. The van der Waals surface area contributed by atoms with Gasteiger partial charge in [0.25, 0.3) is 5.76 Å². The summed E-state index contributed by atoms with van der Waals surface area (Å²) < 4.78 is 24.3. The van der Waals surface area contributed by atoms with Gasteiger partial charge in [-0.3, -0.25) is 0 Å². The first kappa shape index (κ1) is 13.2. The minimum absolute atomic E-state index is 0.364. The van der Waals surface area contributed by atoms with Crippen molar-refractivity contribution in [2.45, 2.75) is 17.6 Å². The zero-order chi connectivity index (χ0) is 13.1. The average molecular weight is 287 g/mol. The van der Waals surface area contributed by atoms with Gasteiger partial charge in [0.1, 0.15) is 11.0 Å². The molecule has 0 aliphatic carbocycles. The second-order valence-corrected chi connectivity index (χ2v) is 4.98. The Morgan fingerprint density at radius 1 is 1.17 bits per heavy atom. The number of nitrogens with zero attached hydrogens (tertiary/aromatic N) is 2. The van der Waals surface area contributed by atoms with Crippen LogP contribution in [-0.2, 0) is 0 Å². The number of rotatable bonds is 3. The van der Waals surface area contributed by atoms with E-state index in [2.05, 4.69) is 9.97 Å². The van der Waals surface area contributed by atoms with E-state index < -0.39 is 5.76 Å². The first-order valence-corrected chi connectivity index (χ1v) is 6.37. The van der Waals surface area contributed by atoms with Crippen LogP contribution in [0.4, 0.5) is 8.78 Å². The van der Waals surface area contributed by atoms with E-state index in [4.69, 9.17) is 11.6 Å². The summed E-state index contributed by atoms with van der Waals surface area (Å²) in [5.74, 6) is -1.84. The molecule has 2 aromatic rings. The quantitative estimate of drug-likeness (QED) is 0.617. The van der Waals surface area contributed by atoms with Crippen LogP contribution >= 0.6 is 23.4 Å². The van der Waals surface area contributed by atoms with Crippen LogP contribution in [0.3, 0.4) is 0 Å². The molecule has 0 radical (unpaired) electrons. The van der Waals surface area contributed by atoms with Crippen molar-refractivity contribution in [3.05, 3.63) is 41.3 Å². The molecule has 2 nitrogen and oxygen atoms in total. The number of hydrogen-bond acceptors (Lipinski definition) is 3. The van der Waals surface area contributed by atoms with Crippen molar-refractivity contribution in [1.82, 2.24) is 9.97 Å². The molecule has 94 valence electrons. The van der Waals surface area contributed by atoms with Gasteiger partial charge >= 0.3 is 0 Å².